The normalized spacial score (nSPS) is 17.2. The first-order chi connectivity index (χ1) is 11.6. The molecule has 1 saturated heterocycles. The highest BCUT2D eigenvalue weighted by molar-refractivity contribution is 6.00. The molecule has 1 aliphatic heterocycles. The molecule has 1 N–H and O–H groups in total. The predicted octanol–water partition coefficient (Wildman–Crippen LogP) is 1.06. The Balaban J connectivity index is 1.62. The van der Waals surface area contributed by atoms with E-state index in [-0.39, 0.29) is 24.8 Å². The molecule has 3 rings (SSSR count). The number of nitrogens with one attached hydrogen (secondary N) is 1. The highest BCUT2D eigenvalue weighted by Crippen LogP contribution is 2.27. The highest BCUT2D eigenvalue weighted by atomic mass is 16.5. The summed E-state index contributed by atoms with van der Waals surface area (Å²) in [6.07, 6.45) is 0.173. The molecule has 1 fully saturated rings. The number of hydrogen-bond donors (Lipinski definition) is 1. The third kappa shape index (κ3) is 3.37. The third-order valence-electron chi connectivity index (χ3n) is 3.84. The average Bonchev–Trinajstić information content (AvgIpc) is 3.18. The minimum absolute atomic E-state index is 0.0861. The molecule has 2 heterocycles. The van der Waals surface area contributed by atoms with Gasteiger partial charge in [0.1, 0.15) is 5.75 Å². The summed E-state index contributed by atoms with van der Waals surface area (Å²) in [5.74, 6) is 0.823. The smallest absolute Gasteiger partial charge is 0.246 e. The van der Waals surface area contributed by atoms with Gasteiger partial charge in [0.05, 0.1) is 19.6 Å². The summed E-state index contributed by atoms with van der Waals surface area (Å²) in [7, 11) is 1.57. The maximum atomic E-state index is 12.3. The summed E-state index contributed by atoms with van der Waals surface area (Å²) in [4.78, 5) is 30.1. The number of nitrogens with zero attached hydrogens (tertiary/aromatic N) is 3. The van der Waals surface area contributed by atoms with E-state index in [1.807, 2.05) is 12.1 Å². The van der Waals surface area contributed by atoms with Gasteiger partial charge in [-0.1, -0.05) is 11.2 Å². The van der Waals surface area contributed by atoms with E-state index in [2.05, 4.69) is 15.5 Å². The Labute approximate surface area is 138 Å². The third-order valence-corrected chi connectivity index (χ3v) is 3.84. The number of carbonyl (C=O) groups is 2. The van der Waals surface area contributed by atoms with Crippen LogP contribution >= 0.6 is 0 Å². The molecule has 2 aromatic rings. The van der Waals surface area contributed by atoms with E-state index in [0.29, 0.717) is 24.0 Å². The molecule has 8 nitrogen and oxygen atoms in total. The molecule has 1 atom stereocenters. The zero-order valence-corrected chi connectivity index (χ0v) is 13.5. The topological polar surface area (TPSA) is 97.6 Å². The number of rotatable bonds is 5. The number of ether oxygens (including phenoxy) is 1. The quantitative estimate of drug-likeness (QED) is 0.880. The van der Waals surface area contributed by atoms with Gasteiger partial charge in [0.15, 0.2) is 5.82 Å². The number of aromatic nitrogens is 2. The number of carbonyl (C=O) groups excluding carboxylic acids is 2. The zero-order chi connectivity index (χ0) is 17.1. The lowest BCUT2D eigenvalue weighted by Crippen LogP contribution is -2.32. The standard InChI is InChI=1S/C16H18N4O4/c1-10-18-14(24-19-10)8-17-16(22)11-6-15(21)20(9-11)12-4-3-5-13(7-12)23-2/h3-5,7,11H,6,8-9H2,1-2H3,(H,17,22). The molecule has 24 heavy (non-hydrogen) atoms. The van der Waals surface area contributed by atoms with E-state index in [1.54, 1.807) is 31.1 Å². The lowest BCUT2D eigenvalue weighted by molar-refractivity contribution is -0.126. The zero-order valence-electron chi connectivity index (χ0n) is 13.5. The van der Waals surface area contributed by atoms with Gasteiger partial charge >= 0.3 is 0 Å². The maximum absolute atomic E-state index is 12.3. The summed E-state index contributed by atoms with van der Waals surface area (Å²) in [5.41, 5.74) is 0.724. The first kappa shape index (κ1) is 16.0. The van der Waals surface area contributed by atoms with Crippen molar-refractivity contribution in [1.29, 1.82) is 0 Å². The SMILES string of the molecule is COc1cccc(N2CC(C(=O)NCc3nc(C)no3)CC2=O)c1. The Morgan fingerprint density at radius 2 is 2.33 bits per heavy atom. The molecule has 1 unspecified atom stereocenters. The van der Waals surface area contributed by atoms with Crippen LogP contribution in [0, 0.1) is 12.8 Å². The fourth-order valence-corrected chi connectivity index (χ4v) is 2.63. The van der Waals surface area contributed by atoms with Crippen LogP contribution in [0.5, 0.6) is 5.75 Å². The number of methoxy groups -OCH3 is 1. The van der Waals surface area contributed by atoms with Crippen molar-refractivity contribution in [3.63, 3.8) is 0 Å². The fraction of sp³-hybridized carbons (Fsp3) is 0.375. The van der Waals surface area contributed by atoms with Gasteiger partial charge in [0.25, 0.3) is 0 Å². The molecule has 0 aliphatic carbocycles. The van der Waals surface area contributed by atoms with Crippen molar-refractivity contribution >= 4 is 17.5 Å². The molecule has 0 spiro atoms. The van der Waals surface area contributed by atoms with Gasteiger partial charge in [-0.05, 0) is 19.1 Å². The molecule has 2 amide bonds. The number of benzene rings is 1. The first-order valence-corrected chi connectivity index (χ1v) is 7.58. The van der Waals surface area contributed by atoms with Crippen molar-refractivity contribution < 1.29 is 18.8 Å². The monoisotopic (exact) mass is 330 g/mol. The summed E-state index contributed by atoms with van der Waals surface area (Å²) < 4.78 is 10.1. The number of aryl methyl sites for hydroxylation is 1. The summed E-state index contributed by atoms with van der Waals surface area (Å²) in [5, 5.41) is 6.39. The summed E-state index contributed by atoms with van der Waals surface area (Å²) >= 11 is 0. The van der Waals surface area contributed by atoms with Crippen LogP contribution in [0.1, 0.15) is 18.1 Å². The van der Waals surface area contributed by atoms with Crippen molar-refractivity contribution in [2.24, 2.45) is 5.92 Å². The number of amides is 2. The van der Waals surface area contributed by atoms with Gasteiger partial charge in [-0.15, -0.1) is 0 Å². The van der Waals surface area contributed by atoms with E-state index >= 15 is 0 Å². The van der Waals surface area contributed by atoms with Crippen LogP contribution < -0.4 is 15.0 Å². The van der Waals surface area contributed by atoms with Gasteiger partial charge in [0, 0.05) is 24.7 Å². The average molecular weight is 330 g/mol. The van der Waals surface area contributed by atoms with E-state index in [4.69, 9.17) is 9.26 Å². The molecule has 0 saturated carbocycles. The van der Waals surface area contributed by atoms with Crippen LogP contribution in [-0.4, -0.2) is 35.6 Å². The molecule has 0 bridgehead atoms. The van der Waals surface area contributed by atoms with Crippen LogP contribution in [-0.2, 0) is 16.1 Å². The molecule has 1 aromatic heterocycles. The van der Waals surface area contributed by atoms with Crippen molar-refractivity contribution in [3.05, 3.63) is 36.0 Å². The molecule has 126 valence electrons. The second kappa shape index (κ2) is 6.69. The van der Waals surface area contributed by atoms with Crippen LogP contribution in [0.15, 0.2) is 28.8 Å². The van der Waals surface area contributed by atoms with Gasteiger partial charge in [0.2, 0.25) is 17.7 Å². The van der Waals surface area contributed by atoms with Gasteiger partial charge < -0.3 is 19.5 Å². The maximum Gasteiger partial charge on any atom is 0.246 e. The van der Waals surface area contributed by atoms with Crippen LogP contribution in [0.4, 0.5) is 5.69 Å². The van der Waals surface area contributed by atoms with Crippen molar-refractivity contribution in [1.82, 2.24) is 15.5 Å². The first-order valence-electron chi connectivity index (χ1n) is 7.58. The second-order valence-corrected chi connectivity index (χ2v) is 5.56. The summed E-state index contributed by atoms with van der Waals surface area (Å²) in [6.45, 7) is 2.20. The Morgan fingerprint density at radius 1 is 1.50 bits per heavy atom. The van der Waals surface area contributed by atoms with Crippen LogP contribution in [0.2, 0.25) is 0 Å². The Hall–Kier alpha value is -2.90. The van der Waals surface area contributed by atoms with Crippen LogP contribution in [0.25, 0.3) is 0 Å². The number of hydrogen-bond acceptors (Lipinski definition) is 6. The minimum atomic E-state index is -0.410. The molecular weight excluding hydrogens is 312 g/mol. The minimum Gasteiger partial charge on any atom is -0.497 e. The van der Waals surface area contributed by atoms with E-state index in [9.17, 15) is 9.59 Å². The van der Waals surface area contributed by atoms with E-state index < -0.39 is 5.92 Å². The lowest BCUT2D eigenvalue weighted by Gasteiger charge is -2.17. The van der Waals surface area contributed by atoms with Crippen molar-refractivity contribution in [3.8, 4) is 5.75 Å². The van der Waals surface area contributed by atoms with E-state index in [1.165, 1.54) is 0 Å². The fourth-order valence-electron chi connectivity index (χ4n) is 2.63. The molecule has 1 aromatic carbocycles. The Kier molecular flexibility index (Phi) is 4.45. The number of anilines is 1. The van der Waals surface area contributed by atoms with Gasteiger partial charge in [-0.25, -0.2) is 0 Å². The molecular formula is C16H18N4O4. The van der Waals surface area contributed by atoms with Crippen LogP contribution in [0.3, 0.4) is 0 Å². The van der Waals surface area contributed by atoms with Crippen molar-refractivity contribution in [2.45, 2.75) is 19.9 Å². The van der Waals surface area contributed by atoms with Gasteiger partial charge in [-0.2, -0.15) is 4.98 Å². The predicted molar refractivity (Wildman–Crippen MR) is 84.3 cm³/mol. The second-order valence-electron chi connectivity index (χ2n) is 5.56. The summed E-state index contributed by atoms with van der Waals surface area (Å²) in [6, 6.07) is 7.22. The highest BCUT2D eigenvalue weighted by Gasteiger charge is 2.35. The Morgan fingerprint density at radius 3 is 3.04 bits per heavy atom. The molecule has 0 radical (unpaired) electrons. The van der Waals surface area contributed by atoms with E-state index in [0.717, 1.165) is 5.69 Å². The molecule has 1 aliphatic rings. The lowest BCUT2D eigenvalue weighted by atomic mass is 10.1. The largest absolute Gasteiger partial charge is 0.497 e. The molecule has 8 heteroatoms. The van der Waals surface area contributed by atoms with Crippen molar-refractivity contribution in [2.75, 3.05) is 18.6 Å². The Bertz CT molecular complexity index is 758. The van der Waals surface area contributed by atoms with Gasteiger partial charge in [-0.3, -0.25) is 9.59 Å².